The highest BCUT2D eigenvalue weighted by atomic mass is 16.5. The van der Waals surface area contributed by atoms with Gasteiger partial charge < -0.3 is 15.4 Å². The first kappa shape index (κ1) is 21.4. The van der Waals surface area contributed by atoms with Gasteiger partial charge in [-0.25, -0.2) is 4.99 Å². The molecule has 7 heteroatoms. The molecular weight excluding hydrogens is 392 g/mol. The highest BCUT2D eigenvalue weighted by Crippen LogP contribution is 2.52. The summed E-state index contributed by atoms with van der Waals surface area (Å²) in [4.78, 5) is 31.7. The van der Waals surface area contributed by atoms with Crippen molar-refractivity contribution in [1.82, 2.24) is 15.5 Å². The Kier molecular flexibility index (Phi) is 6.30. The van der Waals surface area contributed by atoms with Crippen molar-refractivity contribution in [3.63, 3.8) is 0 Å². The second kappa shape index (κ2) is 9.12. The molecule has 7 nitrogen and oxygen atoms in total. The van der Waals surface area contributed by atoms with Crippen LogP contribution in [0.4, 0.5) is 0 Å². The fraction of sp³-hybridized carbons (Fsp3) is 0.542. The van der Waals surface area contributed by atoms with Crippen molar-refractivity contribution in [1.29, 1.82) is 0 Å². The summed E-state index contributed by atoms with van der Waals surface area (Å²) in [5.41, 5.74) is 2.17. The molecule has 1 heterocycles. The molecule has 4 unspecified atom stereocenters. The van der Waals surface area contributed by atoms with Crippen molar-refractivity contribution in [3.05, 3.63) is 41.5 Å². The van der Waals surface area contributed by atoms with Crippen LogP contribution in [0.2, 0.25) is 0 Å². The second-order valence-corrected chi connectivity index (χ2v) is 8.61. The number of aryl methyl sites for hydroxylation is 1. The third kappa shape index (κ3) is 4.18. The third-order valence-electron chi connectivity index (χ3n) is 6.65. The van der Waals surface area contributed by atoms with Gasteiger partial charge in [0.15, 0.2) is 5.96 Å². The molecule has 4 rings (SSSR count). The summed E-state index contributed by atoms with van der Waals surface area (Å²) in [5.74, 6) is 1.95. The van der Waals surface area contributed by atoms with Crippen molar-refractivity contribution in [2.75, 3.05) is 26.7 Å². The molecule has 1 saturated carbocycles. The van der Waals surface area contributed by atoms with E-state index in [0.29, 0.717) is 26.1 Å². The average Bonchev–Trinajstić information content (AvgIpc) is 3.45. The van der Waals surface area contributed by atoms with E-state index in [1.54, 1.807) is 7.11 Å². The van der Waals surface area contributed by atoms with E-state index < -0.39 is 0 Å². The minimum atomic E-state index is -0.110. The van der Waals surface area contributed by atoms with Crippen molar-refractivity contribution in [2.24, 2.45) is 28.7 Å². The Bertz CT molecular complexity index is 880. The van der Waals surface area contributed by atoms with Crippen molar-refractivity contribution >= 4 is 17.8 Å². The van der Waals surface area contributed by atoms with Gasteiger partial charge in [0.2, 0.25) is 11.8 Å². The summed E-state index contributed by atoms with van der Waals surface area (Å²) in [6, 6.07) is 6.09. The zero-order valence-corrected chi connectivity index (χ0v) is 18.6. The van der Waals surface area contributed by atoms with Crippen LogP contribution in [0.5, 0.6) is 5.75 Å². The van der Waals surface area contributed by atoms with E-state index >= 15 is 0 Å². The van der Waals surface area contributed by atoms with Crippen molar-refractivity contribution in [3.8, 4) is 5.75 Å². The number of amides is 2. The van der Waals surface area contributed by atoms with Crippen LogP contribution in [0.1, 0.15) is 30.9 Å². The monoisotopic (exact) mass is 424 g/mol. The molecule has 4 atom stereocenters. The number of nitrogens with zero attached hydrogens (tertiary/aromatic N) is 2. The number of guanidine groups is 1. The van der Waals surface area contributed by atoms with Crippen LogP contribution in [0, 0.1) is 30.6 Å². The molecule has 166 valence electrons. The minimum absolute atomic E-state index is 0.0285. The van der Waals surface area contributed by atoms with E-state index in [1.807, 2.05) is 32.0 Å². The quantitative estimate of drug-likeness (QED) is 0.220. The van der Waals surface area contributed by atoms with Crippen LogP contribution >= 0.6 is 0 Å². The predicted octanol–water partition coefficient (Wildman–Crippen LogP) is 2.26. The Morgan fingerprint density at radius 2 is 1.87 bits per heavy atom. The SMILES string of the molecule is CCNC(=NCc1ccc(C)c(OC)c1)NCCCN1C(=O)C2C3C=CC(C3)C2C1=O. The molecule has 0 spiro atoms. The van der Waals surface area contributed by atoms with Crippen LogP contribution < -0.4 is 15.4 Å². The number of hydrogen-bond acceptors (Lipinski definition) is 4. The number of allylic oxidation sites excluding steroid dienone is 2. The zero-order chi connectivity index (χ0) is 22.0. The Labute approximate surface area is 183 Å². The van der Waals surface area contributed by atoms with Gasteiger partial charge in [-0.3, -0.25) is 14.5 Å². The highest BCUT2D eigenvalue weighted by Gasteiger charge is 2.58. The number of carbonyl (C=O) groups is 2. The van der Waals surface area contributed by atoms with Crippen LogP contribution in [-0.2, 0) is 16.1 Å². The van der Waals surface area contributed by atoms with Gasteiger partial charge >= 0.3 is 0 Å². The lowest BCUT2D eigenvalue weighted by Crippen LogP contribution is -2.40. The fourth-order valence-corrected chi connectivity index (χ4v) is 5.10. The van der Waals surface area contributed by atoms with Gasteiger partial charge in [0.25, 0.3) is 0 Å². The lowest BCUT2D eigenvalue weighted by molar-refractivity contribution is -0.140. The highest BCUT2D eigenvalue weighted by molar-refractivity contribution is 6.06. The van der Waals surface area contributed by atoms with Crippen LogP contribution in [0.25, 0.3) is 0 Å². The maximum Gasteiger partial charge on any atom is 0.233 e. The number of rotatable bonds is 8. The normalized spacial score (nSPS) is 26.5. The second-order valence-electron chi connectivity index (χ2n) is 8.61. The topological polar surface area (TPSA) is 83.0 Å². The molecule has 1 aromatic carbocycles. The van der Waals surface area contributed by atoms with Crippen molar-refractivity contribution < 1.29 is 14.3 Å². The Hall–Kier alpha value is -2.83. The summed E-state index contributed by atoms with van der Waals surface area (Å²) < 4.78 is 5.39. The largest absolute Gasteiger partial charge is 0.496 e. The number of hydrogen-bond donors (Lipinski definition) is 2. The summed E-state index contributed by atoms with van der Waals surface area (Å²) in [5, 5.41) is 6.55. The number of ether oxygens (including phenoxy) is 1. The van der Waals surface area contributed by atoms with Gasteiger partial charge in [0.05, 0.1) is 25.5 Å². The van der Waals surface area contributed by atoms with Gasteiger partial charge in [0.1, 0.15) is 5.75 Å². The summed E-state index contributed by atoms with van der Waals surface area (Å²) >= 11 is 0. The zero-order valence-electron chi connectivity index (χ0n) is 18.6. The first-order valence-electron chi connectivity index (χ1n) is 11.2. The van der Waals surface area contributed by atoms with E-state index in [9.17, 15) is 9.59 Å². The average molecular weight is 425 g/mol. The van der Waals surface area contributed by atoms with E-state index in [0.717, 1.165) is 35.8 Å². The molecule has 1 aromatic rings. The Morgan fingerprint density at radius 1 is 1.16 bits per heavy atom. The molecule has 0 aromatic heterocycles. The molecule has 31 heavy (non-hydrogen) atoms. The number of methoxy groups -OCH3 is 1. The minimum Gasteiger partial charge on any atom is -0.496 e. The molecule has 2 fully saturated rings. The maximum absolute atomic E-state index is 12.8. The third-order valence-corrected chi connectivity index (χ3v) is 6.65. The number of carbonyl (C=O) groups excluding carboxylic acids is 2. The lowest BCUT2D eigenvalue weighted by Gasteiger charge is -2.18. The summed E-state index contributed by atoms with van der Waals surface area (Å²) in [7, 11) is 1.67. The first-order valence-corrected chi connectivity index (χ1v) is 11.2. The van der Waals surface area contributed by atoms with Gasteiger partial charge in [-0.05, 0) is 55.7 Å². The van der Waals surface area contributed by atoms with Gasteiger partial charge in [-0.1, -0.05) is 24.3 Å². The number of likely N-dealkylation sites (tertiary alicyclic amines) is 1. The van der Waals surface area contributed by atoms with Gasteiger partial charge in [0, 0.05) is 19.6 Å². The molecule has 1 aliphatic heterocycles. The molecule has 2 aliphatic carbocycles. The summed E-state index contributed by atoms with van der Waals surface area (Å²) in [6.07, 6.45) is 5.93. The van der Waals surface area contributed by atoms with E-state index in [-0.39, 0.29) is 35.5 Å². The molecule has 3 aliphatic rings. The Balaban J connectivity index is 1.28. The number of nitrogens with one attached hydrogen (secondary N) is 2. The molecular formula is C24H32N4O3. The fourth-order valence-electron chi connectivity index (χ4n) is 5.10. The lowest BCUT2D eigenvalue weighted by atomic mass is 9.85. The van der Waals surface area contributed by atoms with E-state index in [1.165, 1.54) is 4.90 Å². The number of benzene rings is 1. The number of aliphatic imine (C=N–C) groups is 1. The summed E-state index contributed by atoms with van der Waals surface area (Å²) in [6.45, 7) is 6.43. The molecule has 2 bridgehead atoms. The van der Waals surface area contributed by atoms with Gasteiger partial charge in [-0.15, -0.1) is 0 Å². The number of imide groups is 1. The standard InChI is InChI=1S/C24H32N4O3/c1-4-25-24(27-14-16-7-6-15(2)19(12-16)31-3)26-10-5-11-28-22(29)20-17-8-9-18(13-17)21(20)23(28)30/h6-9,12,17-18,20-21H,4-5,10-11,13-14H2,1-3H3,(H2,25,26,27). The predicted molar refractivity (Wildman–Crippen MR) is 120 cm³/mol. The molecule has 2 N–H and O–H groups in total. The molecule has 2 amide bonds. The smallest absolute Gasteiger partial charge is 0.233 e. The number of fused-ring (bicyclic) bond motifs is 5. The van der Waals surface area contributed by atoms with Crippen LogP contribution in [0.15, 0.2) is 35.3 Å². The Morgan fingerprint density at radius 3 is 2.52 bits per heavy atom. The van der Waals surface area contributed by atoms with Crippen molar-refractivity contribution in [2.45, 2.75) is 33.2 Å². The van der Waals surface area contributed by atoms with E-state index in [4.69, 9.17) is 4.74 Å². The van der Waals surface area contributed by atoms with E-state index in [2.05, 4.69) is 27.8 Å². The first-order chi connectivity index (χ1) is 15.0. The van der Waals surface area contributed by atoms with Crippen LogP contribution in [-0.4, -0.2) is 49.4 Å². The maximum atomic E-state index is 12.8. The molecule has 1 saturated heterocycles. The van der Waals surface area contributed by atoms with Crippen LogP contribution in [0.3, 0.4) is 0 Å². The van der Waals surface area contributed by atoms with Gasteiger partial charge in [-0.2, -0.15) is 0 Å². The molecule has 0 radical (unpaired) electrons.